The summed E-state index contributed by atoms with van der Waals surface area (Å²) < 4.78 is 24.4. The van der Waals surface area contributed by atoms with E-state index in [0.29, 0.717) is 10.9 Å². The molecule has 1 heterocycles. The SMILES string of the molecule is CC1CCC(C(=O)C(C)(CS(C)(=O)=O)Nc2sc(-c3ccccc3)cc2C(=O)O)CC1. The molecule has 168 valence electrons. The lowest BCUT2D eigenvalue weighted by Gasteiger charge is -2.35. The zero-order chi connectivity index (χ0) is 22.8. The molecule has 2 aromatic rings. The average Bonchev–Trinajstić information content (AvgIpc) is 3.11. The summed E-state index contributed by atoms with van der Waals surface area (Å²) in [6.07, 6.45) is 4.43. The highest BCUT2D eigenvalue weighted by atomic mass is 32.2. The minimum absolute atomic E-state index is 0.0358. The molecule has 1 aromatic carbocycles. The minimum atomic E-state index is -3.50. The Kier molecular flexibility index (Phi) is 6.91. The predicted molar refractivity (Wildman–Crippen MR) is 125 cm³/mol. The minimum Gasteiger partial charge on any atom is -0.478 e. The topological polar surface area (TPSA) is 101 Å². The number of carboxylic acids is 1. The van der Waals surface area contributed by atoms with Gasteiger partial charge in [-0.05, 0) is 37.3 Å². The fourth-order valence-corrected chi connectivity index (χ4v) is 6.75. The van der Waals surface area contributed by atoms with Crippen molar-refractivity contribution in [3.05, 3.63) is 42.0 Å². The summed E-state index contributed by atoms with van der Waals surface area (Å²) in [5.74, 6) is -1.33. The summed E-state index contributed by atoms with van der Waals surface area (Å²) in [5.41, 5.74) is -0.504. The van der Waals surface area contributed by atoms with Crippen molar-refractivity contribution in [2.45, 2.75) is 45.1 Å². The number of benzene rings is 1. The van der Waals surface area contributed by atoms with Crippen LogP contribution in [0.15, 0.2) is 36.4 Å². The van der Waals surface area contributed by atoms with E-state index in [4.69, 9.17) is 0 Å². The Morgan fingerprint density at radius 3 is 2.32 bits per heavy atom. The Hall–Kier alpha value is -2.19. The Labute approximate surface area is 187 Å². The molecule has 0 aliphatic heterocycles. The fraction of sp³-hybridized carbons (Fsp3) is 0.478. The maximum absolute atomic E-state index is 13.5. The van der Waals surface area contributed by atoms with Crippen LogP contribution in [0.1, 0.15) is 49.9 Å². The Balaban J connectivity index is 1.98. The quantitative estimate of drug-likeness (QED) is 0.587. The van der Waals surface area contributed by atoms with Crippen molar-refractivity contribution in [1.29, 1.82) is 0 Å². The number of carboxylic acid groups (broad SMARTS) is 1. The van der Waals surface area contributed by atoms with Crippen molar-refractivity contribution in [3.8, 4) is 10.4 Å². The number of anilines is 1. The van der Waals surface area contributed by atoms with Crippen LogP contribution in [0, 0.1) is 11.8 Å². The molecule has 1 aliphatic carbocycles. The molecule has 0 spiro atoms. The number of aromatic carboxylic acids is 1. The molecular formula is C23H29NO5S2. The van der Waals surface area contributed by atoms with E-state index in [-0.39, 0.29) is 23.0 Å². The van der Waals surface area contributed by atoms with Gasteiger partial charge in [0.1, 0.15) is 20.4 Å². The molecule has 0 bridgehead atoms. The molecule has 31 heavy (non-hydrogen) atoms. The van der Waals surface area contributed by atoms with Gasteiger partial charge in [-0.15, -0.1) is 11.3 Å². The number of ketones is 1. The van der Waals surface area contributed by atoms with Gasteiger partial charge < -0.3 is 10.4 Å². The monoisotopic (exact) mass is 463 g/mol. The second-order valence-corrected chi connectivity index (χ2v) is 12.1. The molecule has 3 rings (SSSR count). The van der Waals surface area contributed by atoms with Gasteiger partial charge in [0.15, 0.2) is 5.78 Å². The lowest BCUT2D eigenvalue weighted by Crippen LogP contribution is -2.52. The molecule has 0 saturated heterocycles. The second kappa shape index (κ2) is 9.12. The molecule has 8 heteroatoms. The van der Waals surface area contributed by atoms with E-state index in [1.54, 1.807) is 13.0 Å². The van der Waals surface area contributed by atoms with Crippen LogP contribution in [0.5, 0.6) is 0 Å². The summed E-state index contributed by atoms with van der Waals surface area (Å²) in [7, 11) is -3.50. The lowest BCUT2D eigenvalue weighted by molar-refractivity contribution is -0.127. The Bertz CT molecular complexity index is 1050. The van der Waals surface area contributed by atoms with Crippen LogP contribution in [-0.2, 0) is 14.6 Å². The van der Waals surface area contributed by atoms with Crippen LogP contribution >= 0.6 is 11.3 Å². The summed E-state index contributed by atoms with van der Waals surface area (Å²) in [6, 6.07) is 10.9. The van der Waals surface area contributed by atoms with E-state index >= 15 is 0 Å². The van der Waals surface area contributed by atoms with Gasteiger partial charge >= 0.3 is 5.97 Å². The van der Waals surface area contributed by atoms with Crippen molar-refractivity contribution in [3.63, 3.8) is 0 Å². The first kappa shape index (κ1) is 23.5. The number of carbonyl (C=O) groups excluding carboxylic acids is 1. The van der Waals surface area contributed by atoms with Crippen molar-refractivity contribution < 1.29 is 23.1 Å². The van der Waals surface area contributed by atoms with Crippen LogP contribution in [0.3, 0.4) is 0 Å². The Morgan fingerprint density at radius 2 is 1.77 bits per heavy atom. The normalized spacial score (nSPS) is 21.3. The zero-order valence-corrected chi connectivity index (χ0v) is 19.7. The summed E-state index contributed by atoms with van der Waals surface area (Å²) in [4.78, 5) is 26.1. The van der Waals surface area contributed by atoms with E-state index in [1.165, 1.54) is 11.3 Å². The number of hydrogen-bond acceptors (Lipinski definition) is 6. The predicted octanol–water partition coefficient (Wildman–Crippen LogP) is 4.72. The highest BCUT2D eigenvalue weighted by Crippen LogP contribution is 2.39. The third kappa shape index (κ3) is 5.74. The van der Waals surface area contributed by atoms with E-state index in [9.17, 15) is 23.1 Å². The number of sulfone groups is 1. The molecule has 1 atom stereocenters. The van der Waals surface area contributed by atoms with Gasteiger partial charge in [0.2, 0.25) is 0 Å². The lowest BCUT2D eigenvalue weighted by atomic mass is 9.76. The van der Waals surface area contributed by atoms with Crippen LogP contribution in [0.2, 0.25) is 0 Å². The number of rotatable bonds is 8. The molecule has 1 saturated carbocycles. The first-order valence-corrected chi connectivity index (χ1v) is 13.3. The fourth-order valence-electron chi connectivity index (χ4n) is 4.30. The molecule has 0 amide bonds. The molecule has 0 radical (unpaired) electrons. The molecule has 2 N–H and O–H groups in total. The number of Topliss-reactive ketones (excluding diaryl/α,β-unsaturated/α-hetero) is 1. The summed E-state index contributed by atoms with van der Waals surface area (Å²) in [5, 5.41) is 13.1. The number of hydrogen-bond donors (Lipinski definition) is 2. The third-order valence-electron chi connectivity index (χ3n) is 5.89. The molecule has 1 fully saturated rings. The van der Waals surface area contributed by atoms with Crippen LogP contribution in [0.25, 0.3) is 10.4 Å². The van der Waals surface area contributed by atoms with E-state index < -0.39 is 21.3 Å². The zero-order valence-electron chi connectivity index (χ0n) is 18.1. The molecular weight excluding hydrogens is 434 g/mol. The summed E-state index contributed by atoms with van der Waals surface area (Å²) in [6.45, 7) is 3.74. The maximum Gasteiger partial charge on any atom is 0.338 e. The van der Waals surface area contributed by atoms with Crippen molar-refractivity contribution in [2.75, 3.05) is 17.3 Å². The first-order valence-electron chi connectivity index (χ1n) is 10.4. The smallest absolute Gasteiger partial charge is 0.338 e. The van der Waals surface area contributed by atoms with E-state index in [0.717, 1.165) is 42.4 Å². The van der Waals surface area contributed by atoms with Crippen LogP contribution < -0.4 is 5.32 Å². The van der Waals surface area contributed by atoms with Gasteiger partial charge in [-0.2, -0.15) is 0 Å². The second-order valence-electron chi connectivity index (χ2n) is 8.87. The highest BCUT2D eigenvalue weighted by molar-refractivity contribution is 7.90. The Morgan fingerprint density at radius 1 is 1.16 bits per heavy atom. The number of carbonyl (C=O) groups is 2. The van der Waals surface area contributed by atoms with Crippen LogP contribution in [0.4, 0.5) is 5.00 Å². The van der Waals surface area contributed by atoms with E-state index in [2.05, 4.69) is 12.2 Å². The third-order valence-corrected chi connectivity index (χ3v) is 8.09. The largest absolute Gasteiger partial charge is 0.478 e. The molecule has 1 aliphatic rings. The summed E-state index contributed by atoms with van der Waals surface area (Å²) >= 11 is 1.22. The van der Waals surface area contributed by atoms with Gasteiger partial charge in [-0.3, -0.25) is 4.79 Å². The molecule has 1 aromatic heterocycles. The van der Waals surface area contributed by atoms with Gasteiger partial charge in [-0.25, -0.2) is 13.2 Å². The number of thiophene rings is 1. The molecule has 6 nitrogen and oxygen atoms in total. The maximum atomic E-state index is 13.5. The average molecular weight is 464 g/mol. The van der Waals surface area contributed by atoms with Gasteiger partial charge in [-0.1, -0.05) is 50.1 Å². The van der Waals surface area contributed by atoms with Gasteiger partial charge in [0.25, 0.3) is 0 Å². The van der Waals surface area contributed by atoms with Crippen molar-refractivity contribution in [1.82, 2.24) is 0 Å². The van der Waals surface area contributed by atoms with E-state index in [1.807, 2.05) is 30.3 Å². The van der Waals surface area contributed by atoms with Gasteiger partial charge in [0, 0.05) is 17.1 Å². The van der Waals surface area contributed by atoms with Gasteiger partial charge in [0.05, 0.1) is 11.3 Å². The van der Waals surface area contributed by atoms with Crippen molar-refractivity contribution >= 4 is 37.9 Å². The molecule has 1 unspecified atom stereocenters. The van der Waals surface area contributed by atoms with Crippen molar-refractivity contribution in [2.24, 2.45) is 11.8 Å². The number of nitrogens with one attached hydrogen (secondary N) is 1. The standard InChI is InChI=1S/C23H29NO5S2/c1-15-9-11-17(12-10-15)20(25)23(2,14-31(3,28)29)24-21-18(22(26)27)13-19(30-21)16-7-5-4-6-8-16/h4-8,13,15,17,24H,9-12,14H2,1-3H3,(H,26,27). The first-order chi connectivity index (χ1) is 14.5. The highest BCUT2D eigenvalue weighted by Gasteiger charge is 2.42. The van der Waals surface area contributed by atoms with Crippen LogP contribution in [-0.4, -0.2) is 42.8 Å².